The normalized spacial score (nSPS) is 24.5. The summed E-state index contributed by atoms with van der Waals surface area (Å²) in [6, 6.07) is 3.75. The Morgan fingerprint density at radius 3 is 2.48 bits per heavy atom. The first-order valence-corrected chi connectivity index (χ1v) is 8.30. The number of halogens is 2. The predicted octanol–water partition coefficient (Wildman–Crippen LogP) is 5.23. The van der Waals surface area contributed by atoms with Gasteiger partial charge in [0.15, 0.2) is 12.5 Å². The number of hydrogen-bond acceptors (Lipinski definition) is 2. The molecule has 0 aromatic heterocycles. The van der Waals surface area contributed by atoms with Crippen molar-refractivity contribution in [2.75, 3.05) is 0 Å². The van der Waals surface area contributed by atoms with E-state index >= 15 is 0 Å². The Bertz CT molecular complexity index is 633. The minimum Gasteiger partial charge on any atom is -0.490 e. The van der Waals surface area contributed by atoms with Crippen molar-refractivity contribution in [2.24, 2.45) is 0 Å². The monoisotopic (exact) mass is 320 g/mol. The lowest BCUT2D eigenvalue weighted by molar-refractivity contribution is 0.111. The number of ether oxygens (including phenoxy) is 1. The van der Waals surface area contributed by atoms with Crippen LogP contribution < -0.4 is 4.74 Å². The van der Waals surface area contributed by atoms with Crippen molar-refractivity contribution < 1.29 is 18.3 Å². The van der Waals surface area contributed by atoms with E-state index in [4.69, 9.17) is 4.74 Å². The van der Waals surface area contributed by atoms with E-state index in [1.807, 2.05) is 26.0 Å². The van der Waals surface area contributed by atoms with Crippen LogP contribution in [-0.2, 0) is 0 Å². The molecule has 2 aliphatic rings. The van der Waals surface area contributed by atoms with Gasteiger partial charge in [-0.1, -0.05) is 0 Å². The summed E-state index contributed by atoms with van der Waals surface area (Å²) < 4.78 is 32.9. The van der Waals surface area contributed by atoms with Crippen LogP contribution in [0.2, 0.25) is 0 Å². The van der Waals surface area contributed by atoms with Gasteiger partial charge in [0.25, 0.3) is 0 Å². The Hall–Kier alpha value is -1.71. The molecule has 0 spiro atoms. The fraction of sp³-hybridized carbons (Fsp3) is 0.526. The van der Waals surface area contributed by atoms with Gasteiger partial charge in [0, 0.05) is 5.92 Å². The highest BCUT2D eigenvalue weighted by molar-refractivity contribution is 5.80. The second kappa shape index (κ2) is 6.42. The van der Waals surface area contributed by atoms with Gasteiger partial charge in [0.2, 0.25) is 0 Å². The highest BCUT2D eigenvalue weighted by Crippen LogP contribution is 2.47. The number of hydrogen-bond donors (Lipinski definition) is 0. The second-order valence-electron chi connectivity index (χ2n) is 6.78. The fourth-order valence-corrected chi connectivity index (χ4v) is 3.24. The van der Waals surface area contributed by atoms with Gasteiger partial charge in [0.1, 0.15) is 11.6 Å². The molecule has 3 rings (SSSR count). The largest absolute Gasteiger partial charge is 0.490 e. The van der Waals surface area contributed by atoms with Crippen molar-refractivity contribution in [1.82, 2.24) is 0 Å². The molecule has 0 N–H and O–H groups in total. The third-order valence-corrected chi connectivity index (χ3v) is 4.51. The Kier molecular flexibility index (Phi) is 4.51. The molecule has 2 unspecified atom stereocenters. The molecule has 1 aromatic rings. The average molecular weight is 320 g/mol. The maximum atomic E-state index is 13.7. The van der Waals surface area contributed by atoms with Crippen LogP contribution in [-0.4, -0.2) is 18.6 Å². The van der Waals surface area contributed by atoms with E-state index in [2.05, 4.69) is 0 Å². The Labute approximate surface area is 135 Å². The number of carbonyl (C=O) groups excluding carboxylic acids is 1. The molecule has 0 bridgehead atoms. The Morgan fingerprint density at radius 2 is 1.91 bits per heavy atom. The first kappa shape index (κ1) is 16.2. The van der Waals surface area contributed by atoms with E-state index < -0.39 is 12.0 Å². The van der Waals surface area contributed by atoms with Gasteiger partial charge in [-0.15, -0.1) is 0 Å². The van der Waals surface area contributed by atoms with Crippen LogP contribution in [0.3, 0.4) is 0 Å². The summed E-state index contributed by atoms with van der Waals surface area (Å²) in [7, 11) is 0. The Balaban J connectivity index is 2.04. The van der Waals surface area contributed by atoms with Crippen molar-refractivity contribution >= 4 is 6.29 Å². The van der Waals surface area contributed by atoms with Gasteiger partial charge in [-0.2, -0.15) is 0 Å². The molecule has 0 heterocycles. The molecular weight excluding hydrogens is 298 g/mol. The molecule has 2 atom stereocenters. The molecule has 1 fully saturated rings. The van der Waals surface area contributed by atoms with Crippen molar-refractivity contribution in [2.45, 2.75) is 63.6 Å². The predicted molar refractivity (Wildman–Crippen MR) is 85.6 cm³/mol. The summed E-state index contributed by atoms with van der Waals surface area (Å²) in [6.45, 7) is 3.80. The molecule has 23 heavy (non-hydrogen) atoms. The lowest BCUT2D eigenvalue weighted by Crippen LogP contribution is -2.14. The van der Waals surface area contributed by atoms with Crippen LogP contribution in [0.25, 0.3) is 0 Å². The van der Waals surface area contributed by atoms with Gasteiger partial charge in [-0.25, -0.2) is 8.78 Å². The zero-order valence-corrected chi connectivity index (χ0v) is 13.5. The number of carbonyl (C=O) groups is 1. The van der Waals surface area contributed by atoms with Crippen LogP contribution in [0.1, 0.15) is 72.9 Å². The molecule has 2 aliphatic carbocycles. The highest BCUT2D eigenvalue weighted by Gasteiger charge is 2.32. The molecule has 0 aliphatic heterocycles. The summed E-state index contributed by atoms with van der Waals surface area (Å²) in [5.41, 5.74) is 2.61. The van der Waals surface area contributed by atoms with Crippen LogP contribution in [0.15, 0.2) is 24.0 Å². The zero-order valence-electron chi connectivity index (χ0n) is 13.5. The first-order valence-electron chi connectivity index (χ1n) is 8.30. The summed E-state index contributed by atoms with van der Waals surface area (Å²) in [4.78, 5) is 11.4. The zero-order chi connectivity index (χ0) is 16.6. The summed E-state index contributed by atoms with van der Waals surface area (Å²) >= 11 is 0. The molecule has 2 nitrogen and oxygen atoms in total. The number of aldehydes is 1. The van der Waals surface area contributed by atoms with Crippen molar-refractivity contribution in [3.05, 3.63) is 40.7 Å². The molecule has 1 saturated carbocycles. The van der Waals surface area contributed by atoms with Crippen LogP contribution in [0.4, 0.5) is 8.78 Å². The number of benzene rings is 1. The summed E-state index contributed by atoms with van der Waals surface area (Å²) in [6.07, 6.45) is 3.62. The van der Waals surface area contributed by atoms with Crippen LogP contribution in [0.5, 0.6) is 5.75 Å². The maximum absolute atomic E-state index is 13.7. The molecule has 0 radical (unpaired) electrons. The van der Waals surface area contributed by atoms with E-state index in [9.17, 15) is 13.6 Å². The molecule has 1 aromatic carbocycles. The molecule has 4 heteroatoms. The van der Waals surface area contributed by atoms with E-state index in [-0.39, 0.29) is 18.4 Å². The third-order valence-electron chi connectivity index (χ3n) is 4.51. The highest BCUT2D eigenvalue weighted by atomic mass is 19.2. The van der Waals surface area contributed by atoms with Crippen LogP contribution in [0, 0.1) is 0 Å². The van der Waals surface area contributed by atoms with E-state index in [0.29, 0.717) is 23.7 Å². The summed E-state index contributed by atoms with van der Waals surface area (Å²) in [5.74, 6) is 0.142. The fourth-order valence-electron chi connectivity index (χ4n) is 3.24. The molecule has 0 amide bonds. The lowest BCUT2D eigenvalue weighted by atomic mass is 9.83. The van der Waals surface area contributed by atoms with Gasteiger partial charge in [0.05, 0.1) is 11.7 Å². The molecule has 0 saturated heterocycles. The second-order valence-corrected chi connectivity index (χ2v) is 6.78. The first-order chi connectivity index (χ1) is 11.0. The average Bonchev–Trinajstić information content (AvgIpc) is 3.34. The van der Waals surface area contributed by atoms with Gasteiger partial charge >= 0.3 is 0 Å². The van der Waals surface area contributed by atoms with Gasteiger partial charge in [-0.05, 0) is 74.8 Å². The Morgan fingerprint density at radius 1 is 1.17 bits per heavy atom. The lowest BCUT2D eigenvalue weighted by Gasteiger charge is -2.24. The van der Waals surface area contributed by atoms with Crippen molar-refractivity contribution in [3.63, 3.8) is 0 Å². The third kappa shape index (κ3) is 3.46. The quantitative estimate of drug-likeness (QED) is 0.694. The minimum atomic E-state index is -1.48. The topological polar surface area (TPSA) is 26.3 Å². The standard InChI is InChI=1S/C19H22F2O2/c1-11(2)23-19-9-16(13-5-6-17(20)18(21)8-13)15(12-3-4-12)7-14(19)10-22/h7-13,17H,3-6H2,1-2H3. The van der Waals surface area contributed by atoms with Crippen molar-refractivity contribution in [3.8, 4) is 5.75 Å². The maximum Gasteiger partial charge on any atom is 0.153 e. The molecule has 124 valence electrons. The number of rotatable bonds is 5. The SMILES string of the molecule is CC(C)Oc1cc(C2C=C(F)C(F)CC2)c(C2CC2)cc1C=O. The van der Waals surface area contributed by atoms with Gasteiger partial charge in [-0.3, -0.25) is 4.79 Å². The number of alkyl halides is 1. The molecular formula is C19H22F2O2. The smallest absolute Gasteiger partial charge is 0.153 e. The van der Waals surface area contributed by atoms with Crippen molar-refractivity contribution in [1.29, 1.82) is 0 Å². The minimum absolute atomic E-state index is 0.0535. The van der Waals surface area contributed by atoms with Gasteiger partial charge < -0.3 is 4.74 Å². The number of allylic oxidation sites excluding steroid dienone is 2. The van der Waals surface area contributed by atoms with E-state index in [1.165, 1.54) is 6.08 Å². The van der Waals surface area contributed by atoms with E-state index in [1.54, 1.807) is 0 Å². The summed E-state index contributed by atoms with van der Waals surface area (Å²) in [5, 5.41) is 0. The van der Waals surface area contributed by atoms with E-state index in [0.717, 1.165) is 30.3 Å². The van der Waals surface area contributed by atoms with Crippen LogP contribution >= 0.6 is 0 Å².